The van der Waals surface area contributed by atoms with Crippen LogP contribution in [0.25, 0.3) is 0 Å². The smallest absolute Gasteiger partial charge is 0.231 e. The Labute approximate surface area is 208 Å². The van der Waals surface area contributed by atoms with Crippen LogP contribution in [0.3, 0.4) is 0 Å². The zero-order valence-electron chi connectivity index (χ0n) is 21.7. The minimum Gasteiger partial charge on any atom is -0.487 e. The van der Waals surface area contributed by atoms with Gasteiger partial charge in [-0.15, -0.1) is 0 Å². The number of nitrogens with zero attached hydrogens (tertiary/aromatic N) is 2. The molecule has 8 heteroatoms. The number of fused-ring (bicyclic) bond motifs is 1. The number of methoxy groups -OCH3 is 1. The Morgan fingerprint density at radius 3 is 2.69 bits per heavy atom. The molecule has 2 heterocycles. The monoisotopic (exact) mass is 484 g/mol. The van der Waals surface area contributed by atoms with Crippen molar-refractivity contribution < 1.29 is 19.1 Å². The lowest BCUT2D eigenvalue weighted by atomic mass is 9.87. The van der Waals surface area contributed by atoms with E-state index in [1.54, 1.807) is 12.0 Å². The molecule has 3 N–H and O–H groups in total. The SMILES string of the molecule is CCC1(CC)CC(=O)N([C@H](CCOC)C2C[C@H]2C(=O)N[C@H]2CC(C)(C)Oc3ccccc32)C(N)=N1. The third kappa shape index (κ3) is 5.17. The molecule has 3 aliphatic rings. The number of guanidine groups is 1. The van der Waals surface area contributed by atoms with Crippen LogP contribution in [0, 0.1) is 11.8 Å². The Hall–Kier alpha value is -2.61. The van der Waals surface area contributed by atoms with Crippen molar-refractivity contribution in [2.24, 2.45) is 22.6 Å². The fraction of sp³-hybridized carbons (Fsp3) is 0.667. The molecule has 1 unspecified atom stereocenters. The quantitative estimate of drug-likeness (QED) is 0.558. The summed E-state index contributed by atoms with van der Waals surface area (Å²) in [6, 6.07) is 7.57. The molecule has 192 valence electrons. The van der Waals surface area contributed by atoms with Gasteiger partial charge in [-0.3, -0.25) is 14.5 Å². The summed E-state index contributed by atoms with van der Waals surface area (Å²) in [5.41, 5.74) is 6.60. The summed E-state index contributed by atoms with van der Waals surface area (Å²) in [7, 11) is 1.65. The van der Waals surface area contributed by atoms with E-state index in [2.05, 4.69) is 5.32 Å². The first-order valence-electron chi connectivity index (χ1n) is 12.9. The maximum Gasteiger partial charge on any atom is 0.231 e. The molecule has 1 aromatic carbocycles. The van der Waals surface area contributed by atoms with Crippen molar-refractivity contribution in [3.63, 3.8) is 0 Å². The van der Waals surface area contributed by atoms with Crippen LogP contribution in [0.15, 0.2) is 29.3 Å². The predicted molar refractivity (Wildman–Crippen MR) is 135 cm³/mol. The van der Waals surface area contributed by atoms with Crippen LogP contribution in [0.2, 0.25) is 0 Å². The summed E-state index contributed by atoms with van der Waals surface area (Å²) < 4.78 is 11.5. The molecule has 0 aromatic heterocycles. The number of carbonyl (C=O) groups is 2. The highest BCUT2D eigenvalue weighted by atomic mass is 16.5. The Morgan fingerprint density at radius 2 is 2.03 bits per heavy atom. The maximum atomic E-state index is 13.4. The number of nitrogens with one attached hydrogen (secondary N) is 1. The third-order valence-electron chi connectivity index (χ3n) is 7.98. The number of hydrogen-bond acceptors (Lipinski definition) is 6. The fourth-order valence-corrected chi connectivity index (χ4v) is 5.77. The lowest BCUT2D eigenvalue weighted by Crippen LogP contribution is -2.56. The molecule has 35 heavy (non-hydrogen) atoms. The molecule has 4 rings (SSSR count). The molecular formula is C27H40N4O4. The van der Waals surface area contributed by atoms with Gasteiger partial charge < -0.3 is 20.5 Å². The summed E-state index contributed by atoms with van der Waals surface area (Å²) in [5, 5.41) is 3.28. The van der Waals surface area contributed by atoms with Crippen molar-refractivity contribution in [1.82, 2.24) is 10.2 Å². The van der Waals surface area contributed by atoms with E-state index in [-0.39, 0.29) is 47.3 Å². The van der Waals surface area contributed by atoms with Crippen molar-refractivity contribution in [2.75, 3.05) is 13.7 Å². The molecule has 1 fully saturated rings. The minimum absolute atomic E-state index is 0.00605. The van der Waals surface area contributed by atoms with Gasteiger partial charge in [0.2, 0.25) is 11.8 Å². The summed E-state index contributed by atoms with van der Waals surface area (Å²) in [6.45, 7) is 8.66. The van der Waals surface area contributed by atoms with E-state index in [1.807, 2.05) is 52.0 Å². The highest BCUT2D eigenvalue weighted by molar-refractivity contribution is 5.99. The van der Waals surface area contributed by atoms with E-state index in [0.717, 1.165) is 30.6 Å². The molecule has 0 radical (unpaired) electrons. The summed E-state index contributed by atoms with van der Waals surface area (Å²) in [6.07, 6.45) is 3.92. The van der Waals surface area contributed by atoms with E-state index in [0.29, 0.717) is 25.9 Å². The van der Waals surface area contributed by atoms with Crippen LogP contribution in [0.1, 0.15) is 77.8 Å². The zero-order valence-corrected chi connectivity index (χ0v) is 21.7. The molecular weight excluding hydrogens is 444 g/mol. The van der Waals surface area contributed by atoms with Crippen LogP contribution >= 0.6 is 0 Å². The molecule has 2 aliphatic heterocycles. The van der Waals surface area contributed by atoms with E-state index in [1.165, 1.54) is 0 Å². The maximum absolute atomic E-state index is 13.4. The Balaban J connectivity index is 1.50. The number of ether oxygens (including phenoxy) is 2. The second kappa shape index (κ2) is 9.80. The standard InChI is InChI=1S/C27H40N4O4/c1-6-27(7-2)16-23(32)31(25(28)30-27)21(12-13-34-5)18-14-19(18)24(33)29-20-15-26(3,4)35-22-11-9-8-10-17(20)22/h8-11,18-21H,6-7,12-16H2,1-5H3,(H2,28,30)(H,29,33)/t18?,19-,20+,21-/m1/s1. The molecule has 1 aliphatic carbocycles. The van der Waals surface area contributed by atoms with Crippen molar-refractivity contribution in [2.45, 2.75) is 89.4 Å². The first kappa shape index (κ1) is 25.5. The van der Waals surface area contributed by atoms with Gasteiger partial charge in [-0.05, 0) is 51.5 Å². The van der Waals surface area contributed by atoms with E-state index < -0.39 is 5.54 Å². The number of aliphatic imine (C=N–C) groups is 1. The van der Waals surface area contributed by atoms with Gasteiger partial charge in [-0.2, -0.15) is 0 Å². The predicted octanol–water partition coefficient (Wildman–Crippen LogP) is 3.55. The van der Waals surface area contributed by atoms with Gasteiger partial charge in [0.15, 0.2) is 5.96 Å². The molecule has 2 amide bonds. The summed E-state index contributed by atoms with van der Waals surface area (Å²) in [5.74, 6) is 0.968. The molecule has 0 bridgehead atoms. The third-order valence-corrected chi connectivity index (χ3v) is 7.98. The van der Waals surface area contributed by atoms with Gasteiger partial charge in [0.25, 0.3) is 0 Å². The van der Waals surface area contributed by atoms with Gasteiger partial charge in [-0.25, -0.2) is 4.99 Å². The number of amides is 2. The van der Waals surface area contributed by atoms with Crippen molar-refractivity contribution >= 4 is 17.8 Å². The summed E-state index contributed by atoms with van der Waals surface area (Å²) >= 11 is 0. The van der Waals surface area contributed by atoms with Crippen molar-refractivity contribution in [3.8, 4) is 5.75 Å². The first-order chi connectivity index (χ1) is 16.6. The number of benzene rings is 1. The van der Waals surface area contributed by atoms with Crippen molar-refractivity contribution in [1.29, 1.82) is 0 Å². The Kier molecular flexibility index (Phi) is 7.13. The number of carbonyl (C=O) groups excluding carboxylic acids is 2. The van der Waals surface area contributed by atoms with Gasteiger partial charge in [0, 0.05) is 37.7 Å². The van der Waals surface area contributed by atoms with Crippen molar-refractivity contribution in [3.05, 3.63) is 29.8 Å². The van der Waals surface area contributed by atoms with E-state index in [4.69, 9.17) is 20.2 Å². The second-order valence-electron chi connectivity index (χ2n) is 10.9. The highest BCUT2D eigenvalue weighted by Crippen LogP contribution is 2.47. The number of rotatable bonds is 9. The molecule has 0 saturated heterocycles. The number of para-hydroxylation sites is 1. The van der Waals surface area contributed by atoms with Crippen LogP contribution < -0.4 is 15.8 Å². The lowest BCUT2D eigenvalue weighted by Gasteiger charge is -2.40. The average molecular weight is 485 g/mol. The second-order valence-corrected chi connectivity index (χ2v) is 10.9. The van der Waals surface area contributed by atoms with Gasteiger partial charge in [0.05, 0.1) is 18.0 Å². The Morgan fingerprint density at radius 1 is 1.31 bits per heavy atom. The summed E-state index contributed by atoms with van der Waals surface area (Å²) in [4.78, 5) is 33.1. The minimum atomic E-state index is -0.424. The van der Waals surface area contributed by atoms with Crippen LogP contribution in [-0.4, -0.2) is 53.6 Å². The lowest BCUT2D eigenvalue weighted by molar-refractivity contribution is -0.133. The van der Waals surface area contributed by atoms with Crippen LogP contribution in [0.4, 0.5) is 0 Å². The number of nitrogens with two attached hydrogens (primary N) is 1. The molecule has 8 nitrogen and oxygen atoms in total. The van der Waals surface area contributed by atoms with Gasteiger partial charge in [-0.1, -0.05) is 32.0 Å². The average Bonchev–Trinajstić information content (AvgIpc) is 3.60. The highest BCUT2D eigenvalue weighted by Gasteiger charge is 2.53. The first-order valence-corrected chi connectivity index (χ1v) is 12.9. The molecule has 1 aromatic rings. The fourth-order valence-electron chi connectivity index (χ4n) is 5.77. The Bertz CT molecular complexity index is 987. The number of hydrogen-bond donors (Lipinski definition) is 2. The molecule has 1 saturated carbocycles. The van der Waals surface area contributed by atoms with Crippen LogP contribution in [-0.2, 0) is 14.3 Å². The molecule has 0 spiro atoms. The van der Waals surface area contributed by atoms with E-state index in [9.17, 15) is 9.59 Å². The normalized spacial score (nSPS) is 27.3. The zero-order chi connectivity index (χ0) is 25.4. The van der Waals surface area contributed by atoms with Crippen LogP contribution in [0.5, 0.6) is 5.75 Å². The van der Waals surface area contributed by atoms with Gasteiger partial charge >= 0.3 is 0 Å². The largest absolute Gasteiger partial charge is 0.487 e. The topological polar surface area (TPSA) is 106 Å². The van der Waals surface area contributed by atoms with Gasteiger partial charge in [0.1, 0.15) is 11.4 Å². The molecule has 4 atom stereocenters. The van der Waals surface area contributed by atoms with E-state index >= 15 is 0 Å².